The topological polar surface area (TPSA) is 58.6 Å². The Bertz CT molecular complexity index is 396. The number of aliphatic hydroxyl groups excluding tert-OH is 1. The smallest absolute Gasteiger partial charge is 0.261 e. The molecule has 0 saturated carbocycles. The number of thiophene rings is 1. The molecule has 0 bridgehead atoms. The summed E-state index contributed by atoms with van der Waals surface area (Å²) in [4.78, 5) is 14.1. The average molecular weight is 287 g/mol. The van der Waals surface area contributed by atoms with Crippen LogP contribution in [0.2, 0.25) is 0 Å². The van der Waals surface area contributed by atoms with E-state index >= 15 is 0 Å². The summed E-state index contributed by atoms with van der Waals surface area (Å²) in [5.74, 6) is 2.02. The number of fused-ring (bicyclic) bond motifs is 1. The van der Waals surface area contributed by atoms with E-state index in [1.165, 1.54) is 10.4 Å². The average Bonchev–Trinajstić information content (AvgIpc) is 2.82. The lowest BCUT2D eigenvalue weighted by Gasteiger charge is -2.14. The Morgan fingerprint density at radius 1 is 1.67 bits per heavy atom. The molecule has 0 aliphatic carbocycles. The van der Waals surface area contributed by atoms with Gasteiger partial charge in [-0.3, -0.25) is 4.79 Å². The van der Waals surface area contributed by atoms with E-state index in [1.54, 1.807) is 18.4 Å². The van der Waals surface area contributed by atoms with Gasteiger partial charge in [-0.15, -0.1) is 11.3 Å². The zero-order chi connectivity index (χ0) is 13.0. The number of carbonyl (C=O) groups is 1. The molecule has 2 heterocycles. The number of methoxy groups -OCH3 is 1. The number of aliphatic hydroxyl groups is 1. The van der Waals surface area contributed by atoms with Crippen LogP contribution in [0.25, 0.3) is 0 Å². The molecule has 0 aromatic carbocycles. The zero-order valence-corrected chi connectivity index (χ0v) is 11.9. The van der Waals surface area contributed by atoms with E-state index in [9.17, 15) is 4.79 Å². The summed E-state index contributed by atoms with van der Waals surface area (Å²) in [6.07, 6.45) is 1.06. The predicted octanol–water partition coefficient (Wildman–Crippen LogP) is 1.27. The van der Waals surface area contributed by atoms with Gasteiger partial charge in [0.15, 0.2) is 0 Å². The number of hydrogen-bond acceptors (Lipinski definition) is 5. The quantitative estimate of drug-likeness (QED) is 0.856. The van der Waals surface area contributed by atoms with Gasteiger partial charge in [-0.2, -0.15) is 11.8 Å². The molecule has 2 rings (SSSR count). The van der Waals surface area contributed by atoms with E-state index in [4.69, 9.17) is 9.84 Å². The molecule has 6 heteroatoms. The molecular formula is C12H17NO3S2. The lowest BCUT2D eigenvalue weighted by Crippen LogP contribution is -2.40. The molecule has 100 valence electrons. The highest BCUT2D eigenvalue weighted by atomic mass is 32.2. The first-order valence-electron chi connectivity index (χ1n) is 5.84. The van der Waals surface area contributed by atoms with Crippen molar-refractivity contribution in [1.29, 1.82) is 0 Å². The number of hydrogen-bond donors (Lipinski definition) is 2. The number of carbonyl (C=O) groups excluding carboxylic acids is 1. The van der Waals surface area contributed by atoms with E-state index in [1.807, 2.05) is 17.8 Å². The first-order chi connectivity index (χ1) is 8.74. The molecule has 1 aliphatic heterocycles. The molecule has 0 radical (unpaired) electrons. The minimum atomic E-state index is -0.337. The number of aryl methyl sites for hydroxylation is 1. The standard InChI is InChI=1S/C12H17NO3S2/c1-16-6-9(5-14)13-12(15)11-4-8-7-17-3-2-10(8)18-11/h4,9,14H,2-3,5-7H2,1H3,(H,13,15). The molecule has 0 fully saturated rings. The minimum Gasteiger partial charge on any atom is -0.394 e. The highest BCUT2D eigenvalue weighted by Crippen LogP contribution is 2.31. The Kier molecular flexibility index (Phi) is 5.05. The Morgan fingerprint density at radius 2 is 2.50 bits per heavy atom. The van der Waals surface area contributed by atoms with Crippen molar-refractivity contribution in [2.75, 3.05) is 26.1 Å². The normalized spacial score (nSPS) is 16.1. The second-order valence-electron chi connectivity index (χ2n) is 4.17. The largest absolute Gasteiger partial charge is 0.394 e. The van der Waals surface area contributed by atoms with Gasteiger partial charge in [0.05, 0.1) is 24.1 Å². The molecule has 1 aromatic heterocycles. The van der Waals surface area contributed by atoms with E-state index < -0.39 is 0 Å². The van der Waals surface area contributed by atoms with Crippen molar-refractivity contribution in [3.8, 4) is 0 Å². The zero-order valence-electron chi connectivity index (χ0n) is 10.3. The van der Waals surface area contributed by atoms with Crippen molar-refractivity contribution in [3.05, 3.63) is 21.4 Å². The van der Waals surface area contributed by atoms with E-state index in [-0.39, 0.29) is 18.6 Å². The second-order valence-corrected chi connectivity index (χ2v) is 6.41. The van der Waals surface area contributed by atoms with Gasteiger partial charge in [-0.1, -0.05) is 0 Å². The van der Waals surface area contributed by atoms with Crippen LogP contribution < -0.4 is 5.32 Å². The van der Waals surface area contributed by atoms with Crippen molar-refractivity contribution in [2.24, 2.45) is 0 Å². The molecule has 0 spiro atoms. The van der Waals surface area contributed by atoms with Crippen molar-refractivity contribution in [2.45, 2.75) is 18.2 Å². The van der Waals surface area contributed by atoms with Gasteiger partial charge in [0.25, 0.3) is 5.91 Å². The van der Waals surface area contributed by atoms with Crippen LogP contribution in [0, 0.1) is 0 Å². The van der Waals surface area contributed by atoms with Crippen LogP contribution in [0.3, 0.4) is 0 Å². The summed E-state index contributed by atoms with van der Waals surface area (Å²) in [6, 6.07) is 1.64. The van der Waals surface area contributed by atoms with Crippen molar-refractivity contribution >= 4 is 29.0 Å². The summed E-state index contributed by atoms with van der Waals surface area (Å²) < 4.78 is 4.94. The summed E-state index contributed by atoms with van der Waals surface area (Å²) in [7, 11) is 1.55. The highest BCUT2D eigenvalue weighted by molar-refractivity contribution is 7.98. The summed E-state index contributed by atoms with van der Waals surface area (Å²) in [5, 5.41) is 11.9. The van der Waals surface area contributed by atoms with E-state index in [2.05, 4.69) is 5.32 Å². The van der Waals surface area contributed by atoms with Crippen LogP contribution >= 0.6 is 23.1 Å². The minimum absolute atomic E-state index is 0.111. The van der Waals surface area contributed by atoms with Crippen molar-refractivity contribution in [1.82, 2.24) is 5.32 Å². The number of rotatable bonds is 5. The number of nitrogens with one attached hydrogen (secondary N) is 1. The fraction of sp³-hybridized carbons (Fsp3) is 0.583. The lowest BCUT2D eigenvalue weighted by atomic mass is 10.2. The molecule has 4 nitrogen and oxygen atoms in total. The third-order valence-electron chi connectivity index (χ3n) is 2.77. The third-order valence-corrected chi connectivity index (χ3v) is 5.02. The predicted molar refractivity (Wildman–Crippen MR) is 74.4 cm³/mol. The molecule has 1 unspecified atom stereocenters. The molecule has 1 aliphatic rings. The highest BCUT2D eigenvalue weighted by Gasteiger charge is 2.19. The Hall–Kier alpha value is -0.560. The van der Waals surface area contributed by atoms with Gasteiger partial charge in [-0.25, -0.2) is 0 Å². The Morgan fingerprint density at radius 3 is 3.17 bits per heavy atom. The number of thioether (sulfide) groups is 1. The van der Waals surface area contributed by atoms with Gasteiger partial charge in [0, 0.05) is 17.7 Å². The van der Waals surface area contributed by atoms with Crippen LogP contribution in [-0.2, 0) is 16.9 Å². The molecule has 1 amide bonds. The Labute approximate surface area is 115 Å². The Balaban J connectivity index is 2.02. The van der Waals surface area contributed by atoms with Gasteiger partial charge in [0.1, 0.15) is 0 Å². The van der Waals surface area contributed by atoms with Gasteiger partial charge in [-0.05, 0) is 23.8 Å². The lowest BCUT2D eigenvalue weighted by molar-refractivity contribution is 0.0843. The maximum Gasteiger partial charge on any atom is 0.261 e. The van der Waals surface area contributed by atoms with Crippen molar-refractivity contribution in [3.63, 3.8) is 0 Å². The molecule has 1 atom stereocenters. The molecule has 1 aromatic rings. The van der Waals surface area contributed by atoms with Crippen LogP contribution in [0.15, 0.2) is 6.07 Å². The van der Waals surface area contributed by atoms with Crippen LogP contribution in [0.5, 0.6) is 0 Å². The SMILES string of the molecule is COCC(CO)NC(=O)c1cc2c(s1)CCSC2. The molecule has 0 saturated heterocycles. The number of amides is 1. The molecular weight excluding hydrogens is 270 g/mol. The third kappa shape index (κ3) is 3.26. The fourth-order valence-corrected chi connectivity index (χ4v) is 4.13. The van der Waals surface area contributed by atoms with E-state index in [0.29, 0.717) is 6.61 Å². The van der Waals surface area contributed by atoms with Gasteiger partial charge < -0.3 is 15.2 Å². The molecule has 18 heavy (non-hydrogen) atoms. The summed E-state index contributed by atoms with van der Waals surface area (Å²) >= 11 is 3.47. The summed E-state index contributed by atoms with van der Waals surface area (Å²) in [5.41, 5.74) is 1.29. The number of ether oxygens (including phenoxy) is 1. The van der Waals surface area contributed by atoms with Crippen LogP contribution in [-0.4, -0.2) is 43.1 Å². The summed E-state index contributed by atoms with van der Waals surface area (Å²) in [6.45, 7) is 0.212. The first-order valence-corrected chi connectivity index (χ1v) is 7.81. The van der Waals surface area contributed by atoms with Gasteiger partial charge in [0.2, 0.25) is 0 Å². The maximum atomic E-state index is 12.0. The van der Waals surface area contributed by atoms with E-state index in [0.717, 1.165) is 22.8 Å². The monoisotopic (exact) mass is 287 g/mol. The molecule has 2 N–H and O–H groups in total. The van der Waals surface area contributed by atoms with Gasteiger partial charge >= 0.3 is 0 Å². The van der Waals surface area contributed by atoms with Crippen LogP contribution in [0.4, 0.5) is 0 Å². The second kappa shape index (κ2) is 6.56. The fourth-order valence-electron chi connectivity index (χ4n) is 1.86. The maximum absolute atomic E-state index is 12.0. The van der Waals surface area contributed by atoms with Crippen molar-refractivity contribution < 1.29 is 14.6 Å². The first kappa shape index (κ1) is 13.9. The van der Waals surface area contributed by atoms with Crippen LogP contribution in [0.1, 0.15) is 20.1 Å².